The number of aromatic nitrogens is 2. The van der Waals surface area contributed by atoms with Gasteiger partial charge in [-0.2, -0.15) is 0 Å². The summed E-state index contributed by atoms with van der Waals surface area (Å²) in [4.78, 5) is 28.4. The van der Waals surface area contributed by atoms with E-state index in [1.54, 1.807) is 31.4 Å². The third kappa shape index (κ3) is 3.82. The predicted molar refractivity (Wildman–Crippen MR) is 90.1 cm³/mol. The van der Waals surface area contributed by atoms with Crippen molar-refractivity contribution in [2.45, 2.75) is 18.6 Å². The number of nitrogens with one attached hydrogen (secondary N) is 1. The van der Waals surface area contributed by atoms with E-state index in [2.05, 4.69) is 10.3 Å². The van der Waals surface area contributed by atoms with Crippen molar-refractivity contribution in [3.8, 4) is 0 Å². The molecule has 1 N–H and O–H groups in total. The zero-order valence-electron chi connectivity index (χ0n) is 11.9. The summed E-state index contributed by atoms with van der Waals surface area (Å²) in [5, 5.41) is 3.73. The maximum atomic E-state index is 12.1. The number of amides is 1. The van der Waals surface area contributed by atoms with E-state index in [9.17, 15) is 9.59 Å². The number of aryl methyl sites for hydroxylation is 1. The molecule has 116 valence electrons. The lowest BCUT2D eigenvalue weighted by atomic mass is 10.3. The molecule has 0 atom stereocenters. The Morgan fingerprint density at radius 2 is 2.14 bits per heavy atom. The van der Waals surface area contributed by atoms with E-state index in [0.29, 0.717) is 21.6 Å². The largest absolute Gasteiger partial charge is 0.323 e. The Morgan fingerprint density at radius 1 is 1.41 bits per heavy atom. The van der Waals surface area contributed by atoms with Gasteiger partial charge in [-0.15, -0.1) is 0 Å². The molecule has 2 rings (SSSR count). The van der Waals surface area contributed by atoms with E-state index in [4.69, 9.17) is 23.2 Å². The van der Waals surface area contributed by atoms with E-state index < -0.39 is 0 Å². The molecule has 1 aromatic carbocycles. The second-order valence-electron chi connectivity index (χ2n) is 4.46. The second-order valence-corrected chi connectivity index (χ2v) is 6.02. The van der Waals surface area contributed by atoms with Gasteiger partial charge in [-0.05, 0) is 25.3 Å². The normalized spacial score (nSPS) is 10.5. The first-order chi connectivity index (χ1) is 10.4. The van der Waals surface area contributed by atoms with Crippen LogP contribution in [0.4, 0.5) is 5.69 Å². The lowest BCUT2D eigenvalue weighted by molar-refractivity contribution is -0.116. The molecule has 1 amide bonds. The van der Waals surface area contributed by atoms with Gasteiger partial charge in [0.1, 0.15) is 6.54 Å². The van der Waals surface area contributed by atoms with Crippen LogP contribution >= 0.6 is 35.0 Å². The lowest BCUT2D eigenvalue weighted by Gasteiger charge is -2.12. The van der Waals surface area contributed by atoms with Crippen molar-refractivity contribution in [1.29, 1.82) is 0 Å². The van der Waals surface area contributed by atoms with E-state index in [-0.39, 0.29) is 23.0 Å². The maximum Gasteiger partial charge on any atom is 0.254 e. The molecule has 1 heterocycles. The van der Waals surface area contributed by atoms with E-state index in [1.807, 2.05) is 0 Å². The third-order valence-corrected chi connectivity index (χ3v) is 4.31. The van der Waals surface area contributed by atoms with Gasteiger partial charge in [0.2, 0.25) is 5.91 Å². The molecule has 0 saturated carbocycles. The summed E-state index contributed by atoms with van der Waals surface area (Å²) in [6.07, 6.45) is 1.80. The fourth-order valence-corrected chi connectivity index (χ4v) is 2.79. The van der Waals surface area contributed by atoms with Crippen LogP contribution in [0, 0.1) is 6.92 Å². The van der Waals surface area contributed by atoms with Gasteiger partial charge in [0.25, 0.3) is 5.56 Å². The Hall–Kier alpha value is -1.50. The van der Waals surface area contributed by atoms with Crippen LogP contribution in [0.1, 0.15) is 5.69 Å². The molecule has 0 aliphatic heterocycles. The predicted octanol–water partition coefficient (Wildman–Crippen LogP) is 3.22. The average molecular weight is 358 g/mol. The Morgan fingerprint density at radius 3 is 2.82 bits per heavy atom. The zero-order valence-corrected chi connectivity index (χ0v) is 14.2. The molecule has 0 aliphatic rings. The highest BCUT2D eigenvalue weighted by Gasteiger charge is 2.13. The van der Waals surface area contributed by atoms with Gasteiger partial charge in [-0.25, -0.2) is 4.98 Å². The quantitative estimate of drug-likeness (QED) is 0.673. The summed E-state index contributed by atoms with van der Waals surface area (Å²) < 4.78 is 1.31. The number of benzene rings is 1. The average Bonchev–Trinajstić information content (AvgIpc) is 2.46. The summed E-state index contributed by atoms with van der Waals surface area (Å²) in [5.41, 5.74) is 0.742. The Balaban J connectivity index is 2.23. The number of nitrogens with zero attached hydrogens (tertiary/aromatic N) is 2. The van der Waals surface area contributed by atoms with Gasteiger partial charge < -0.3 is 5.32 Å². The number of rotatable bonds is 4. The standard InChI is InChI=1S/C14H13Cl2N3O2S/c1-8-6-12(21)19(14(17-8)22-2)7-11(20)18-10-5-3-4-9(15)13(10)16/h3-6H,7H2,1-2H3,(H,18,20). The first-order valence-electron chi connectivity index (χ1n) is 6.28. The highest BCUT2D eigenvalue weighted by Crippen LogP contribution is 2.29. The third-order valence-electron chi connectivity index (χ3n) is 2.81. The number of hydrogen-bond acceptors (Lipinski definition) is 4. The number of halogens is 2. The number of anilines is 1. The minimum Gasteiger partial charge on any atom is -0.323 e. The van der Waals surface area contributed by atoms with E-state index in [0.717, 1.165) is 0 Å². The molecular weight excluding hydrogens is 345 g/mol. The van der Waals surface area contributed by atoms with Gasteiger partial charge in [-0.1, -0.05) is 41.0 Å². The summed E-state index contributed by atoms with van der Waals surface area (Å²) in [5.74, 6) is -0.382. The van der Waals surface area contributed by atoms with Gasteiger partial charge in [0, 0.05) is 11.8 Å². The zero-order chi connectivity index (χ0) is 16.3. The van der Waals surface area contributed by atoms with Gasteiger partial charge in [0.15, 0.2) is 5.16 Å². The fourth-order valence-electron chi connectivity index (χ4n) is 1.83. The van der Waals surface area contributed by atoms with Crippen molar-refractivity contribution in [1.82, 2.24) is 9.55 Å². The molecule has 0 bridgehead atoms. The van der Waals surface area contributed by atoms with Crippen molar-refractivity contribution in [3.63, 3.8) is 0 Å². The molecule has 5 nitrogen and oxygen atoms in total. The van der Waals surface area contributed by atoms with Crippen LogP contribution < -0.4 is 10.9 Å². The van der Waals surface area contributed by atoms with Crippen LogP contribution in [0.2, 0.25) is 10.0 Å². The SMILES string of the molecule is CSc1nc(C)cc(=O)n1CC(=O)Nc1cccc(Cl)c1Cl. The van der Waals surface area contributed by atoms with Crippen molar-refractivity contribution < 1.29 is 4.79 Å². The minimum absolute atomic E-state index is 0.148. The Kier molecular flexibility index (Phi) is 5.50. The van der Waals surface area contributed by atoms with Crippen LogP contribution in [0.5, 0.6) is 0 Å². The molecule has 2 aromatic rings. The summed E-state index contributed by atoms with van der Waals surface area (Å²) >= 11 is 13.2. The number of carbonyl (C=O) groups is 1. The minimum atomic E-state index is -0.382. The molecule has 22 heavy (non-hydrogen) atoms. The summed E-state index contributed by atoms with van der Waals surface area (Å²) in [6.45, 7) is 1.59. The van der Waals surface area contributed by atoms with Crippen LogP contribution in [0.25, 0.3) is 0 Å². The van der Waals surface area contributed by atoms with Crippen LogP contribution in [-0.4, -0.2) is 21.7 Å². The van der Waals surface area contributed by atoms with Crippen molar-refractivity contribution in [2.75, 3.05) is 11.6 Å². The van der Waals surface area contributed by atoms with Crippen molar-refractivity contribution >= 4 is 46.6 Å². The van der Waals surface area contributed by atoms with Crippen LogP contribution in [0.3, 0.4) is 0 Å². The van der Waals surface area contributed by atoms with Gasteiger partial charge in [0.05, 0.1) is 15.7 Å². The first-order valence-corrected chi connectivity index (χ1v) is 8.26. The maximum absolute atomic E-state index is 12.1. The Labute approximate surface area is 141 Å². The van der Waals surface area contributed by atoms with Crippen LogP contribution in [0.15, 0.2) is 34.2 Å². The molecular formula is C14H13Cl2N3O2S. The highest BCUT2D eigenvalue weighted by atomic mass is 35.5. The number of carbonyl (C=O) groups excluding carboxylic acids is 1. The lowest BCUT2D eigenvalue weighted by Crippen LogP contribution is -2.29. The van der Waals surface area contributed by atoms with Gasteiger partial charge in [-0.3, -0.25) is 14.2 Å². The van der Waals surface area contributed by atoms with E-state index in [1.165, 1.54) is 22.4 Å². The number of hydrogen-bond donors (Lipinski definition) is 1. The molecule has 0 fully saturated rings. The molecule has 0 unspecified atom stereocenters. The van der Waals surface area contributed by atoms with Crippen LogP contribution in [-0.2, 0) is 11.3 Å². The molecule has 0 saturated heterocycles. The smallest absolute Gasteiger partial charge is 0.254 e. The number of thioether (sulfide) groups is 1. The monoisotopic (exact) mass is 357 g/mol. The van der Waals surface area contributed by atoms with Gasteiger partial charge >= 0.3 is 0 Å². The summed E-state index contributed by atoms with van der Waals surface area (Å²) in [7, 11) is 0. The van der Waals surface area contributed by atoms with E-state index >= 15 is 0 Å². The highest BCUT2D eigenvalue weighted by molar-refractivity contribution is 7.98. The van der Waals surface area contributed by atoms with Crippen molar-refractivity contribution in [2.24, 2.45) is 0 Å². The molecule has 0 aliphatic carbocycles. The molecule has 8 heteroatoms. The van der Waals surface area contributed by atoms with Crippen molar-refractivity contribution in [3.05, 3.63) is 50.4 Å². The first kappa shape index (κ1) is 16.9. The molecule has 0 radical (unpaired) electrons. The fraction of sp³-hybridized carbons (Fsp3) is 0.214. The summed E-state index contributed by atoms with van der Waals surface area (Å²) in [6, 6.07) is 6.33. The second kappa shape index (κ2) is 7.17. The molecule has 1 aromatic heterocycles. The Bertz CT molecular complexity index is 777. The molecule has 0 spiro atoms. The topological polar surface area (TPSA) is 64.0 Å².